The number of nitrogens with zero attached hydrogens (tertiary/aromatic N) is 2. The predicted molar refractivity (Wildman–Crippen MR) is 121 cm³/mol. The van der Waals surface area contributed by atoms with Gasteiger partial charge in [-0.25, -0.2) is 0 Å². The zero-order valence-electron chi connectivity index (χ0n) is 18.8. The Bertz CT molecular complexity index is 777. The van der Waals surface area contributed by atoms with Crippen LogP contribution in [0.1, 0.15) is 64.9 Å². The third-order valence-electron chi connectivity index (χ3n) is 8.84. The molecule has 0 aromatic heterocycles. The van der Waals surface area contributed by atoms with Crippen LogP contribution in [-0.4, -0.2) is 30.1 Å². The molecule has 5 fully saturated rings. The molecule has 4 saturated carbocycles. The first-order valence-corrected chi connectivity index (χ1v) is 12.1. The first-order chi connectivity index (χ1) is 14.3. The van der Waals surface area contributed by atoms with Gasteiger partial charge >= 0.3 is 0 Å². The SMILES string of the molecule is C[C@@H]1CN(c2ccc([N+](=O)[O-])c(C[C@@H](C)C34CC5CC(CC(C5)C3)C4)c2)C[C@@H](C)N1. The standard InChI is InChI=1S/C25H37N3O2/c1-16(25-11-19-7-20(12-25)9-21(8-19)13-25)6-22-10-23(4-5-24(22)28(29)30)27-14-17(2)26-18(3)15-27/h4-5,10,16-21,26H,6-9,11-15H2,1-3H3/t16-,17-,18-,19?,20?,21?,25?/m1/s1. The Morgan fingerprint density at radius 3 is 2.20 bits per heavy atom. The zero-order valence-corrected chi connectivity index (χ0v) is 18.8. The molecule has 1 heterocycles. The van der Waals surface area contributed by atoms with Crippen LogP contribution in [0, 0.1) is 39.2 Å². The summed E-state index contributed by atoms with van der Waals surface area (Å²) in [5.74, 6) is 3.28. The van der Waals surface area contributed by atoms with Gasteiger partial charge < -0.3 is 10.2 Å². The van der Waals surface area contributed by atoms with Gasteiger partial charge in [-0.05, 0) is 100 Å². The largest absolute Gasteiger partial charge is 0.368 e. The quantitative estimate of drug-likeness (QED) is 0.536. The fourth-order valence-corrected chi connectivity index (χ4v) is 7.98. The van der Waals surface area contributed by atoms with E-state index in [9.17, 15) is 10.1 Å². The highest BCUT2D eigenvalue weighted by Gasteiger charge is 2.53. The van der Waals surface area contributed by atoms with Crippen LogP contribution >= 0.6 is 0 Å². The summed E-state index contributed by atoms with van der Waals surface area (Å²) in [4.78, 5) is 14.1. The number of nitro groups is 1. The molecule has 0 unspecified atom stereocenters. The molecule has 6 rings (SSSR count). The number of nitro benzene ring substituents is 1. The van der Waals surface area contributed by atoms with Crippen molar-refractivity contribution in [2.45, 2.75) is 77.8 Å². The van der Waals surface area contributed by atoms with Gasteiger partial charge in [-0.1, -0.05) is 6.92 Å². The first kappa shape index (κ1) is 20.3. The maximum Gasteiger partial charge on any atom is 0.272 e. The van der Waals surface area contributed by atoms with Crippen LogP contribution in [0.5, 0.6) is 0 Å². The molecule has 1 aromatic rings. The molecule has 4 bridgehead atoms. The minimum Gasteiger partial charge on any atom is -0.368 e. The molecule has 0 amide bonds. The maximum absolute atomic E-state index is 11.8. The van der Waals surface area contributed by atoms with E-state index in [2.05, 4.69) is 37.1 Å². The number of hydrogen-bond acceptors (Lipinski definition) is 4. The van der Waals surface area contributed by atoms with Crippen molar-refractivity contribution in [1.82, 2.24) is 5.32 Å². The summed E-state index contributed by atoms with van der Waals surface area (Å²) in [6.07, 6.45) is 9.26. The Hall–Kier alpha value is -1.62. The fraction of sp³-hybridized carbons (Fsp3) is 0.760. The predicted octanol–water partition coefficient (Wildman–Crippen LogP) is 5.18. The van der Waals surface area contributed by atoms with E-state index >= 15 is 0 Å². The van der Waals surface area contributed by atoms with Crippen LogP contribution in [0.2, 0.25) is 0 Å². The maximum atomic E-state index is 11.8. The molecule has 5 nitrogen and oxygen atoms in total. The normalized spacial score (nSPS) is 38.6. The number of hydrogen-bond donors (Lipinski definition) is 1. The summed E-state index contributed by atoms with van der Waals surface area (Å²) in [6, 6.07) is 6.72. The molecule has 0 spiro atoms. The lowest BCUT2D eigenvalue weighted by atomic mass is 9.46. The van der Waals surface area contributed by atoms with Crippen LogP contribution in [0.15, 0.2) is 18.2 Å². The lowest BCUT2D eigenvalue weighted by Gasteiger charge is -2.59. The third-order valence-corrected chi connectivity index (χ3v) is 8.84. The number of nitrogens with one attached hydrogen (secondary N) is 1. The molecule has 5 heteroatoms. The molecule has 1 saturated heterocycles. The molecule has 30 heavy (non-hydrogen) atoms. The van der Waals surface area contributed by atoms with E-state index in [0.717, 1.165) is 48.5 Å². The Balaban J connectivity index is 1.41. The van der Waals surface area contributed by atoms with E-state index in [1.165, 1.54) is 38.5 Å². The highest BCUT2D eigenvalue weighted by Crippen LogP contribution is 2.63. The lowest BCUT2D eigenvalue weighted by molar-refractivity contribution is -0.385. The second kappa shape index (κ2) is 7.51. The summed E-state index contributed by atoms with van der Waals surface area (Å²) in [5, 5.41) is 15.4. The van der Waals surface area contributed by atoms with Gasteiger partial charge in [0.25, 0.3) is 5.69 Å². The summed E-state index contributed by atoms with van der Waals surface area (Å²) in [5.41, 5.74) is 2.83. The Morgan fingerprint density at radius 2 is 1.67 bits per heavy atom. The fourth-order valence-electron chi connectivity index (χ4n) is 7.98. The number of piperazine rings is 1. The smallest absolute Gasteiger partial charge is 0.272 e. The summed E-state index contributed by atoms with van der Waals surface area (Å²) >= 11 is 0. The number of rotatable bonds is 5. The van der Waals surface area contributed by atoms with E-state index in [0.29, 0.717) is 29.1 Å². The zero-order chi connectivity index (χ0) is 21.0. The molecular formula is C25H37N3O2. The Morgan fingerprint density at radius 1 is 1.10 bits per heavy atom. The highest BCUT2D eigenvalue weighted by atomic mass is 16.6. The van der Waals surface area contributed by atoms with Crippen LogP contribution in [0.4, 0.5) is 11.4 Å². The van der Waals surface area contributed by atoms with Crippen LogP contribution in [0.3, 0.4) is 0 Å². The number of benzene rings is 1. The van der Waals surface area contributed by atoms with Crippen molar-refractivity contribution in [2.24, 2.45) is 29.1 Å². The van der Waals surface area contributed by atoms with Crippen molar-refractivity contribution < 1.29 is 4.92 Å². The van der Waals surface area contributed by atoms with Crippen molar-refractivity contribution in [2.75, 3.05) is 18.0 Å². The molecule has 1 aliphatic heterocycles. The topological polar surface area (TPSA) is 58.4 Å². The van der Waals surface area contributed by atoms with E-state index in [1.54, 1.807) is 6.07 Å². The minimum atomic E-state index is -0.172. The second-order valence-corrected chi connectivity index (χ2v) is 11.3. The van der Waals surface area contributed by atoms with E-state index < -0.39 is 0 Å². The summed E-state index contributed by atoms with van der Waals surface area (Å²) < 4.78 is 0. The van der Waals surface area contributed by atoms with Gasteiger partial charge in [0.15, 0.2) is 0 Å². The van der Waals surface area contributed by atoms with Crippen molar-refractivity contribution in [3.63, 3.8) is 0 Å². The van der Waals surface area contributed by atoms with Gasteiger partial charge in [0.1, 0.15) is 0 Å². The lowest BCUT2D eigenvalue weighted by Crippen LogP contribution is -2.54. The van der Waals surface area contributed by atoms with Gasteiger partial charge in [0.2, 0.25) is 0 Å². The summed E-state index contributed by atoms with van der Waals surface area (Å²) in [6.45, 7) is 8.71. The molecule has 4 aliphatic carbocycles. The molecular weight excluding hydrogens is 374 g/mol. The van der Waals surface area contributed by atoms with Gasteiger partial charge in [-0.3, -0.25) is 10.1 Å². The van der Waals surface area contributed by atoms with Crippen LogP contribution < -0.4 is 10.2 Å². The third kappa shape index (κ3) is 3.63. The van der Waals surface area contributed by atoms with E-state index in [4.69, 9.17) is 0 Å². The first-order valence-electron chi connectivity index (χ1n) is 12.1. The van der Waals surface area contributed by atoms with E-state index in [1.807, 2.05) is 6.07 Å². The molecule has 1 aromatic carbocycles. The molecule has 3 atom stereocenters. The monoisotopic (exact) mass is 411 g/mol. The Kier molecular flexibility index (Phi) is 5.08. The molecule has 1 N–H and O–H groups in total. The molecule has 164 valence electrons. The van der Waals surface area contributed by atoms with Crippen molar-refractivity contribution in [3.8, 4) is 0 Å². The van der Waals surface area contributed by atoms with Gasteiger partial charge in [-0.2, -0.15) is 0 Å². The molecule has 0 radical (unpaired) electrons. The van der Waals surface area contributed by atoms with Crippen LogP contribution in [0.25, 0.3) is 0 Å². The number of anilines is 1. The van der Waals surface area contributed by atoms with Crippen molar-refractivity contribution in [1.29, 1.82) is 0 Å². The van der Waals surface area contributed by atoms with Gasteiger partial charge in [-0.15, -0.1) is 0 Å². The average Bonchev–Trinajstić information content (AvgIpc) is 2.66. The average molecular weight is 412 g/mol. The second-order valence-electron chi connectivity index (χ2n) is 11.3. The van der Waals surface area contributed by atoms with Gasteiger partial charge in [0.05, 0.1) is 4.92 Å². The van der Waals surface area contributed by atoms with E-state index in [-0.39, 0.29) is 4.92 Å². The van der Waals surface area contributed by atoms with Crippen LogP contribution in [-0.2, 0) is 6.42 Å². The minimum absolute atomic E-state index is 0.172. The Labute approximate surface area is 180 Å². The highest BCUT2D eigenvalue weighted by molar-refractivity contribution is 5.56. The summed E-state index contributed by atoms with van der Waals surface area (Å²) in [7, 11) is 0. The molecule has 5 aliphatic rings. The van der Waals surface area contributed by atoms with Gasteiger partial charge in [0, 0.05) is 42.5 Å². The van der Waals surface area contributed by atoms with Crippen molar-refractivity contribution in [3.05, 3.63) is 33.9 Å². The van der Waals surface area contributed by atoms with Crippen molar-refractivity contribution >= 4 is 11.4 Å².